The van der Waals surface area contributed by atoms with Gasteiger partial charge in [-0.05, 0) is 54.4 Å². The smallest absolute Gasteiger partial charge is 0.405 e. The first-order valence-electron chi connectivity index (χ1n) is 9.17. The Labute approximate surface area is 171 Å². The highest BCUT2D eigenvalue weighted by Crippen LogP contribution is 2.13. The SMILES string of the molecule is C[C@H](NC(=O)O)c1ccc(F)cc1.Fc1ccc(Cn2cnc3cccnc32)cc1. The number of carboxylic acid groups (broad SMARTS) is 1. The maximum Gasteiger partial charge on any atom is 0.405 e. The molecule has 0 aliphatic rings. The summed E-state index contributed by atoms with van der Waals surface area (Å²) < 4.78 is 27.2. The Morgan fingerprint density at radius 1 is 1.03 bits per heavy atom. The molecule has 4 aromatic rings. The Morgan fingerprint density at radius 2 is 1.67 bits per heavy atom. The minimum Gasteiger partial charge on any atom is -0.465 e. The van der Waals surface area contributed by atoms with E-state index in [0.717, 1.165) is 22.3 Å². The van der Waals surface area contributed by atoms with E-state index in [-0.39, 0.29) is 17.7 Å². The average Bonchev–Trinajstić information content (AvgIpc) is 3.13. The third kappa shape index (κ3) is 5.60. The Balaban J connectivity index is 0.000000178. The number of rotatable bonds is 4. The van der Waals surface area contributed by atoms with Crippen LogP contribution in [0.15, 0.2) is 73.2 Å². The van der Waals surface area contributed by atoms with E-state index in [0.29, 0.717) is 6.54 Å². The summed E-state index contributed by atoms with van der Waals surface area (Å²) >= 11 is 0. The molecule has 0 saturated carbocycles. The van der Waals surface area contributed by atoms with E-state index in [1.165, 1.54) is 24.3 Å². The van der Waals surface area contributed by atoms with Crippen LogP contribution in [0.1, 0.15) is 24.1 Å². The molecule has 1 atom stereocenters. The summed E-state index contributed by atoms with van der Waals surface area (Å²) in [5.74, 6) is -0.548. The number of amides is 1. The number of hydrogen-bond acceptors (Lipinski definition) is 3. The molecule has 30 heavy (non-hydrogen) atoms. The van der Waals surface area contributed by atoms with Crippen molar-refractivity contribution in [3.63, 3.8) is 0 Å². The van der Waals surface area contributed by atoms with Gasteiger partial charge in [0, 0.05) is 6.20 Å². The average molecular weight is 410 g/mol. The third-order valence-electron chi connectivity index (χ3n) is 4.35. The van der Waals surface area contributed by atoms with E-state index < -0.39 is 6.09 Å². The number of aromatic nitrogens is 3. The van der Waals surface area contributed by atoms with Crippen LogP contribution in [0.4, 0.5) is 13.6 Å². The van der Waals surface area contributed by atoms with Crippen molar-refractivity contribution in [1.82, 2.24) is 19.9 Å². The first-order valence-corrected chi connectivity index (χ1v) is 9.17. The summed E-state index contributed by atoms with van der Waals surface area (Å²) in [7, 11) is 0. The van der Waals surface area contributed by atoms with Crippen molar-refractivity contribution >= 4 is 17.3 Å². The maximum absolute atomic E-state index is 12.8. The number of fused-ring (bicyclic) bond motifs is 1. The third-order valence-corrected chi connectivity index (χ3v) is 4.35. The number of imidazole rings is 1. The maximum atomic E-state index is 12.8. The fourth-order valence-electron chi connectivity index (χ4n) is 2.82. The molecule has 4 rings (SSSR count). The van der Waals surface area contributed by atoms with Crippen LogP contribution in [0.25, 0.3) is 11.2 Å². The summed E-state index contributed by atoms with van der Waals surface area (Å²) in [6.07, 6.45) is 2.41. The van der Waals surface area contributed by atoms with Gasteiger partial charge in [0.05, 0.1) is 18.9 Å². The van der Waals surface area contributed by atoms with Crippen LogP contribution in [-0.2, 0) is 6.54 Å². The topological polar surface area (TPSA) is 80.0 Å². The highest BCUT2D eigenvalue weighted by molar-refractivity contribution is 5.70. The first kappa shape index (κ1) is 20.9. The van der Waals surface area contributed by atoms with Crippen molar-refractivity contribution in [3.05, 3.63) is 95.9 Å². The molecular formula is C22H20F2N4O2. The molecule has 0 unspecified atom stereocenters. The lowest BCUT2D eigenvalue weighted by molar-refractivity contribution is 0.191. The van der Waals surface area contributed by atoms with Gasteiger partial charge in [0.2, 0.25) is 0 Å². The van der Waals surface area contributed by atoms with Crippen LogP contribution >= 0.6 is 0 Å². The van der Waals surface area contributed by atoms with Gasteiger partial charge in [0.25, 0.3) is 0 Å². The van der Waals surface area contributed by atoms with Gasteiger partial charge in [0.1, 0.15) is 17.2 Å². The summed E-state index contributed by atoms with van der Waals surface area (Å²) in [4.78, 5) is 18.8. The molecule has 0 aliphatic carbocycles. The second-order valence-corrected chi connectivity index (χ2v) is 6.57. The molecule has 6 nitrogen and oxygen atoms in total. The fraction of sp³-hybridized carbons (Fsp3) is 0.136. The number of nitrogens with one attached hydrogen (secondary N) is 1. The molecular weight excluding hydrogens is 390 g/mol. The number of benzene rings is 2. The zero-order valence-corrected chi connectivity index (χ0v) is 16.2. The monoisotopic (exact) mass is 410 g/mol. The van der Waals surface area contributed by atoms with Gasteiger partial charge in [-0.15, -0.1) is 0 Å². The molecule has 0 fully saturated rings. The Bertz CT molecular complexity index is 1110. The van der Waals surface area contributed by atoms with Crippen LogP contribution in [0.3, 0.4) is 0 Å². The van der Waals surface area contributed by atoms with E-state index in [1.54, 1.807) is 43.7 Å². The van der Waals surface area contributed by atoms with Crippen molar-refractivity contribution in [2.75, 3.05) is 0 Å². The summed E-state index contributed by atoms with van der Waals surface area (Å²) in [5.41, 5.74) is 3.48. The second-order valence-electron chi connectivity index (χ2n) is 6.57. The number of carbonyl (C=O) groups is 1. The molecule has 154 valence electrons. The molecule has 2 aromatic heterocycles. The van der Waals surface area contributed by atoms with Crippen LogP contribution in [0, 0.1) is 11.6 Å². The molecule has 1 amide bonds. The van der Waals surface area contributed by atoms with E-state index in [1.807, 2.05) is 16.7 Å². The van der Waals surface area contributed by atoms with E-state index in [9.17, 15) is 13.6 Å². The normalized spacial score (nSPS) is 11.4. The van der Waals surface area contributed by atoms with E-state index in [2.05, 4.69) is 15.3 Å². The Hall–Kier alpha value is -3.81. The first-order chi connectivity index (χ1) is 14.4. The predicted octanol–water partition coefficient (Wildman–Crippen LogP) is 4.77. The second kappa shape index (κ2) is 9.60. The lowest BCUT2D eigenvalue weighted by atomic mass is 10.1. The van der Waals surface area contributed by atoms with Crippen LogP contribution in [0.5, 0.6) is 0 Å². The zero-order valence-electron chi connectivity index (χ0n) is 16.2. The molecule has 2 N–H and O–H groups in total. The van der Waals surface area contributed by atoms with Gasteiger partial charge in [-0.2, -0.15) is 0 Å². The molecule has 8 heteroatoms. The molecule has 0 radical (unpaired) electrons. The minimum atomic E-state index is -1.09. The predicted molar refractivity (Wildman–Crippen MR) is 109 cm³/mol. The lowest BCUT2D eigenvalue weighted by Crippen LogP contribution is -2.24. The van der Waals surface area contributed by atoms with Gasteiger partial charge >= 0.3 is 6.09 Å². The highest BCUT2D eigenvalue weighted by atomic mass is 19.1. The zero-order chi connectivity index (χ0) is 21.5. The van der Waals surface area contributed by atoms with E-state index in [4.69, 9.17) is 5.11 Å². The van der Waals surface area contributed by atoms with Gasteiger partial charge in [-0.3, -0.25) is 0 Å². The van der Waals surface area contributed by atoms with Crippen LogP contribution in [0.2, 0.25) is 0 Å². The fourth-order valence-corrected chi connectivity index (χ4v) is 2.82. The van der Waals surface area contributed by atoms with Gasteiger partial charge < -0.3 is 15.0 Å². The number of halogens is 2. The molecule has 0 saturated heterocycles. The summed E-state index contributed by atoms with van der Waals surface area (Å²) in [5, 5.41) is 10.7. The highest BCUT2D eigenvalue weighted by Gasteiger charge is 2.07. The quantitative estimate of drug-likeness (QED) is 0.508. The molecule has 0 aliphatic heterocycles. The van der Waals surface area contributed by atoms with E-state index >= 15 is 0 Å². The minimum absolute atomic E-state index is 0.220. The number of pyridine rings is 1. The molecule has 0 spiro atoms. The van der Waals surface area contributed by atoms with Crippen molar-refractivity contribution < 1.29 is 18.7 Å². The van der Waals surface area contributed by atoms with Crippen molar-refractivity contribution in [2.45, 2.75) is 19.5 Å². The summed E-state index contributed by atoms with van der Waals surface area (Å²) in [6.45, 7) is 2.34. The largest absolute Gasteiger partial charge is 0.465 e. The van der Waals surface area contributed by atoms with Crippen LogP contribution in [-0.4, -0.2) is 25.7 Å². The van der Waals surface area contributed by atoms with Gasteiger partial charge in [-0.1, -0.05) is 24.3 Å². The van der Waals surface area contributed by atoms with Crippen molar-refractivity contribution in [2.24, 2.45) is 0 Å². The standard InChI is InChI=1S/C13H10FN3.C9H10FNO2/c14-11-5-3-10(4-6-11)8-17-9-16-12-2-1-7-15-13(12)17;1-6(11-9(12)13)7-2-4-8(10)5-3-7/h1-7,9H,8H2;2-6,11H,1H3,(H,12,13)/t;6-/m.0/s1. The van der Waals surface area contributed by atoms with Gasteiger partial charge in [-0.25, -0.2) is 23.5 Å². The Kier molecular flexibility index (Phi) is 6.69. The number of nitrogens with zero attached hydrogens (tertiary/aromatic N) is 3. The molecule has 2 heterocycles. The molecule has 0 bridgehead atoms. The number of hydrogen-bond donors (Lipinski definition) is 2. The Morgan fingerprint density at radius 3 is 2.30 bits per heavy atom. The lowest BCUT2D eigenvalue weighted by Gasteiger charge is -2.10. The van der Waals surface area contributed by atoms with Crippen LogP contribution < -0.4 is 5.32 Å². The summed E-state index contributed by atoms with van der Waals surface area (Å²) in [6, 6.07) is 15.6. The van der Waals surface area contributed by atoms with Gasteiger partial charge in [0.15, 0.2) is 5.65 Å². The van der Waals surface area contributed by atoms with Crippen molar-refractivity contribution in [1.29, 1.82) is 0 Å². The van der Waals surface area contributed by atoms with Crippen molar-refractivity contribution in [3.8, 4) is 0 Å². The molecule has 2 aromatic carbocycles.